The first-order valence-electron chi connectivity index (χ1n) is 8.95. The molecule has 1 heterocycles. The summed E-state index contributed by atoms with van der Waals surface area (Å²) < 4.78 is 33.3. The van der Waals surface area contributed by atoms with Crippen LogP contribution >= 0.6 is 11.3 Å². The average Bonchev–Trinajstić information content (AvgIpc) is 3.28. The van der Waals surface area contributed by atoms with Crippen LogP contribution in [-0.4, -0.2) is 36.3 Å². The van der Waals surface area contributed by atoms with Gasteiger partial charge in [-0.05, 0) is 51.7 Å². The summed E-state index contributed by atoms with van der Waals surface area (Å²) in [6.45, 7) is 7.81. The van der Waals surface area contributed by atoms with E-state index in [9.17, 15) is 13.2 Å². The molecule has 2 aromatic rings. The number of rotatable bonds is 7. The number of carbonyl (C=O) groups is 1. The Bertz CT molecular complexity index is 939. The number of thiazole rings is 1. The van der Waals surface area contributed by atoms with Crippen molar-refractivity contribution in [1.29, 1.82) is 0 Å². The number of aryl methyl sites for hydroxylation is 3. The van der Waals surface area contributed by atoms with Gasteiger partial charge in [0.1, 0.15) is 5.01 Å². The van der Waals surface area contributed by atoms with Gasteiger partial charge in [0.2, 0.25) is 10.0 Å². The highest BCUT2D eigenvalue weighted by Crippen LogP contribution is 2.36. The second-order valence-electron chi connectivity index (χ2n) is 6.86. The Balaban J connectivity index is 1.92. The van der Waals surface area contributed by atoms with E-state index < -0.39 is 16.0 Å². The number of aromatic nitrogens is 1. The van der Waals surface area contributed by atoms with Crippen LogP contribution < -0.4 is 0 Å². The van der Waals surface area contributed by atoms with Gasteiger partial charge in [-0.2, -0.15) is 4.31 Å². The topological polar surface area (TPSA) is 76.6 Å². The van der Waals surface area contributed by atoms with E-state index in [0.29, 0.717) is 9.90 Å². The van der Waals surface area contributed by atoms with Crippen LogP contribution in [0, 0.1) is 20.8 Å². The summed E-state index contributed by atoms with van der Waals surface area (Å²) in [4.78, 5) is 16.5. The Kier molecular flexibility index (Phi) is 5.69. The SMILES string of the molecule is CCOC(=O)c1csc(CN(C2CC2)S(=O)(=O)c2c(C)cc(C)cc2C)n1. The zero-order valence-electron chi connectivity index (χ0n) is 16.0. The van der Waals surface area contributed by atoms with Crippen LogP contribution in [0.25, 0.3) is 0 Å². The summed E-state index contributed by atoms with van der Waals surface area (Å²) in [5, 5.41) is 2.21. The van der Waals surface area contributed by atoms with Crippen molar-refractivity contribution in [1.82, 2.24) is 9.29 Å². The second kappa shape index (κ2) is 7.69. The molecule has 1 fully saturated rings. The van der Waals surface area contributed by atoms with Gasteiger partial charge >= 0.3 is 5.97 Å². The third kappa shape index (κ3) is 4.23. The van der Waals surface area contributed by atoms with Gasteiger partial charge in [0.05, 0.1) is 18.0 Å². The van der Waals surface area contributed by atoms with E-state index in [1.165, 1.54) is 15.6 Å². The van der Waals surface area contributed by atoms with E-state index >= 15 is 0 Å². The summed E-state index contributed by atoms with van der Waals surface area (Å²) >= 11 is 1.28. The van der Waals surface area contributed by atoms with E-state index in [-0.39, 0.29) is 24.9 Å². The molecule has 0 radical (unpaired) electrons. The lowest BCUT2D eigenvalue weighted by atomic mass is 10.1. The minimum Gasteiger partial charge on any atom is -0.461 e. The van der Waals surface area contributed by atoms with Crippen LogP contribution in [0.15, 0.2) is 22.4 Å². The van der Waals surface area contributed by atoms with Crippen molar-refractivity contribution in [2.75, 3.05) is 6.61 Å². The lowest BCUT2D eigenvalue weighted by molar-refractivity contribution is 0.0520. The maximum absolute atomic E-state index is 13.4. The minimum atomic E-state index is -3.65. The van der Waals surface area contributed by atoms with Crippen molar-refractivity contribution in [3.63, 3.8) is 0 Å². The molecule has 1 saturated carbocycles. The van der Waals surface area contributed by atoms with E-state index in [2.05, 4.69) is 4.98 Å². The number of hydrogen-bond acceptors (Lipinski definition) is 6. The molecule has 8 heteroatoms. The number of esters is 1. The Morgan fingerprint density at radius 2 is 1.89 bits per heavy atom. The summed E-state index contributed by atoms with van der Waals surface area (Å²) in [5.74, 6) is -0.481. The van der Waals surface area contributed by atoms with E-state index in [1.807, 2.05) is 32.9 Å². The molecular formula is C19H24N2O4S2. The molecule has 1 aromatic carbocycles. The summed E-state index contributed by atoms with van der Waals surface area (Å²) in [6, 6.07) is 3.78. The Hall–Kier alpha value is -1.77. The third-order valence-electron chi connectivity index (χ3n) is 4.45. The van der Waals surface area contributed by atoms with Gasteiger partial charge in [-0.15, -0.1) is 11.3 Å². The van der Waals surface area contributed by atoms with Gasteiger partial charge < -0.3 is 4.74 Å². The predicted molar refractivity (Wildman–Crippen MR) is 104 cm³/mol. The van der Waals surface area contributed by atoms with Crippen molar-refractivity contribution < 1.29 is 17.9 Å². The minimum absolute atomic E-state index is 0.00922. The highest BCUT2D eigenvalue weighted by Gasteiger charge is 2.40. The lowest BCUT2D eigenvalue weighted by Gasteiger charge is -2.23. The lowest BCUT2D eigenvalue weighted by Crippen LogP contribution is -2.33. The standard InChI is InChI=1S/C19H24N2O4S2/c1-5-25-19(22)16-11-26-17(20-16)10-21(15-6-7-15)27(23,24)18-13(3)8-12(2)9-14(18)4/h8-9,11,15H,5-7,10H2,1-4H3. The second-order valence-corrected chi connectivity index (χ2v) is 9.63. The molecule has 0 unspecified atom stereocenters. The molecule has 1 aliphatic carbocycles. The fraction of sp³-hybridized carbons (Fsp3) is 0.474. The van der Waals surface area contributed by atoms with E-state index in [0.717, 1.165) is 29.5 Å². The number of benzene rings is 1. The number of nitrogens with zero attached hydrogens (tertiary/aromatic N) is 2. The molecule has 0 atom stereocenters. The fourth-order valence-corrected chi connectivity index (χ4v) is 6.18. The van der Waals surface area contributed by atoms with Gasteiger partial charge in [0.25, 0.3) is 0 Å². The third-order valence-corrected chi connectivity index (χ3v) is 7.49. The smallest absolute Gasteiger partial charge is 0.357 e. The molecule has 0 aliphatic heterocycles. The van der Waals surface area contributed by atoms with Crippen molar-refractivity contribution in [3.05, 3.63) is 44.9 Å². The molecule has 146 valence electrons. The first-order valence-corrected chi connectivity index (χ1v) is 11.3. The highest BCUT2D eigenvalue weighted by atomic mass is 32.2. The normalized spacial score (nSPS) is 14.6. The van der Waals surface area contributed by atoms with Crippen molar-refractivity contribution in [2.24, 2.45) is 0 Å². The number of sulfonamides is 1. The maximum atomic E-state index is 13.4. The summed E-state index contributed by atoms with van der Waals surface area (Å²) in [5.41, 5.74) is 2.78. The average molecular weight is 409 g/mol. The van der Waals surface area contributed by atoms with Crippen molar-refractivity contribution in [2.45, 2.75) is 58.0 Å². The van der Waals surface area contributed by atoms with Gasteiger partial charge in [0.15, 0.2) is 5.69 Å². The van der Waals surface area contributed by atoms with Crippen molar-refractivity contribution >= 4 is 27.3 Å². The van der Waals surface area contributed by atoms with Crippen LogP contribution in [0.2, 0.25) is 0 Å². The van der Waals surface area contributed by atoms with E-state index in [4.69, 9.17) is 4.74 Å². The Labute approximate surface area is 164 Å². The number of carbonyl (C=O) groups excluding carboxylic acids is 1. The molecule has 1 aromatic heterocycles. The van der Waals surface area contributed by atoms with Gasteiger partial charge in [-0.1, -0.05) is 17.7 Å². The fourth-order valence-electron chi connectivity index (χ4n) is 3.28. The molecule has 0 spiro atoms. The van der Waals surface area contributed by atoms with Gasteiger partial charge in [0, 0.05) is 11.4 Å². The van der Waals surface area contributed by atoms with Crippen LogP contribution in [0.3, 0.4) is 0 Å². The monoisotopic (exact) mass is 408 g/mol. The molecule has 0 amide bonds. The molecule has 3 rings (SSSR count). The molecule has 6 nitrogen and oxygen atoms in total. The molecule has 0 saturated heterocycles. The molecule has 0 bridgehead atoms. The molecule has 1 aliphatic rings. The van der Waals surface area contributed by atoms with Crippen LogP contribution in [0.1, 0.15) is 52.0 Å². The Morgan fingerprint density at radius 3 is 2.44 bits per heavy atom. The molecule has 27 heavy (non-hydrogen) atoms. The number of ether oxygens (including phenoxy) is 1. The first kappa shape index (κ1) is 20.0. The predicted octanol–water partition coefficient (Wildman–Crippen LogP) is 3.60. The van der Waals surface area contributed by atoms with Gasteiger partial charge in [-0.3, -0.25) is 0 Å². The zero-order chi connectivity index (χ0) is 19.8. The van der Waals surface area contributed by atoms with Crippen LogP contribution in [0.5, 0.6) is 0 Å². The number of hydrogen-bond donors (Lipinski definition) is 0. The largest absolute Gasteiger partial charge is 0.461 e. The van der Waals surface area contributed by atoms with Crippen LogP contribution in [0.4, 0.5) is 0 Å². The van der Waals surface area contributed by atoms with Gasteiger partial charge in [-0.25, -0.2) is 18.2 Å². The van der Waals surface area contributed by atoms with Crippen LogP contribution in [-0.2, 0) is 21.3 Å². The summed E-state index contributed by atoms with van der Waals surface area (Å²) in [7, 11) is -3.65. The highest BCUT2D eigenvalue weighted by molar-refractivity contribution is 7.89. The first-order chi connectivity index (χ1) is 12.7. The molecule has 0 N–H and O–H groups in total. The van der Waals surface area contributed by atoms with Crippen molar-refractivity contribution in [3.8, 4) is 0 Å². The quantitative estimate of drug-likeness (QED) is 0.654. The Morgan fingerprint density at radius 1 is 1.26 bits per heavy atom. The maximum Gasteiger partial charge on any atom is 0.357 e. The molecular weight excluding hydrogens is 384 g/mol. The summed E-state index contributed by atoms with van der Waals surface area (Å²) in [6.07, 6.45) is 1.69. The van der Waals surface area contributed by atoms with E-state index in [1.54, 1.807) is 12.3 Å². The zero-order valence-corrected chi connectivity index (χ0v) is 17.6.